The molecule has 2 aromatic carbocycles. The summed E-state index contributed by atoms with van der Waals surface area (Å²) in [4.78, 5) is 5.37. The molecular formula is C34H44N2O3. The van der Waals surface area contributed by atoms with E-state index in [1.807, 2.05) is 6.07 Å². The summed E-state index contributed by atoms with van der Waals surface area (Å²) < 4.78 is 6.95. The first-order valence-corrected chi connectivity index (χ1v) is 15.8. The maximum atomic E-state index is 12.9. The summed E-state index contributed by atoms with van der Waals surface area (Å²) in [5.74, 6) is 2.46. The van der Waals surface area contributed by atoms with Crippen LogP contribution in [0.2, 0.25) is 0 Å². The second-order valence-corrected chi connectivity index (χ2v) is 13.8. The lowest BCUT2D eigenvalue weighted by molar-refractivity contribution is -0.202. The third-order valence-electron chi connectivity index (χ3n) is 11.6. The van der Waals surface area contributed by atoms with Crippen molar-refractivity contribution in [1.29, 1.82) is 0 Å². The Balaban J connectivity index is 1.20. The van der Waals surface area contributed by atoms with Crippen LogP contribution in [0.3, 0.4) is 0 Å². The number of hydrogen-bond acceptors (Lipinski definition) is 5. The highest BCUT2D eigenvalue weighted by atomic mass is 16.5. The third kappa shape index (κ3) is 3.75. The molecule has 5 atom stereocenters. The van der Waals surface area contributed by atoms with Crippen molar-refractivity contribution in [1.82, 2.24) is 9.80 Å². The smallest absolute Gasteiger partial charge is 0.165 e. The van der Waals surface area contributed by atoms with E-state index in [0.717, 1.165) is 69.3 Å². The van der Waals surface area contributed by atoms with E-state index in [1.54, 1.807) is 0 Å². The molecule has 2 aromatic rings. The molecule has 6 aliphatic rings. The normalized spacial score (nSPS) is 35.6. The molecule has 2 N–H and O–H groups in total. The van der Waals surface area contributed by atoms with E-state index in [0.29, 0.717) is 5.75 Å². The summed E-state index contributed by atoms with van der Waals surface area (Å²) in [5.41, 5.74) is 2.55. The Hall–Kier alpha value is -2.08. The SMILES string of the molecule is Oc1ccc2c3c1OC1C(N(Cc4ccccc4)CC4CCCCC4)CC[C@@]4(O)[C@@H](C2)N(CC2CC2)CC[C@]314. The molecule has 4 fully saturated rings. The van der Waals surface area contributed by atoms with Crippen LogP contribution < -0.4 is 4.74 Å². The zero-order valence-electron chi connectivity index (χ0n) is 23.2. The second kappa shape index (κ2) is 9.22. The van der Waals surface area contributed by atoms with E-state index in [-0.39, 0.29) is 23.9 Å². The molecule has 0 amide bonds. The van der Waals surface area contributed by atoms with Gasteiger partial charge in [0.25, 0.3) is 0 Å². The van der Waals surface area contributed by atoms with Gasteiger partial charge in [-0.1, -0.05) is 55.7 Å². The van der Waals surface area contributed by atoms with Gasteiger partial charge < -0.3 is 14.9 Å². The first-order valence-electron chi connectivity index (χ1n) is 15.8. The minimum atomic E-state index is -0.809. The number of aromatic hydroxyl groups is 1. The lowest BCUT2D eigenvalue weighted by Crippen LogP contribution is -2.78. The van der Waals surface area contributed by atoms with Crippen LogP contribution >= 0.6 is 0 Å². The summed E-state index contributed by atoms with van der Waals surface area (Å²) in [6, 6.07) is 15.3. The Bertz CT molecular complexity index is 1220. The average molecular weight is 529 g/mol. The van der Waals surface area contributed by atoms with Crippen LogP contribution in [0.1, 0.15) is 80.9 Å². The van der Waals surface area contributed by atoms with Crippen molar-refractivity contribution >= 4 is 0 Å². The largest absolute Gasteiger partial charge is 0.504 e. The van der Waals surface area contributed by atoms with Crippen molar-refractivity contribution < 1.29 is 14.9 Å². The van der Waals surface area contributed by atoms with Crippen molar-refractivity contribution in [2.24, 2.45) is 11.8 Å². The Labute approximate surface area is 233 Å². The fourth-order valence-corrected chi connectivity index (χ4v) is 9.67. The van der Waals surface area contributed by atoms with Crippen molar-refractivity contribution in [3.05, 3.63) is 59.2 Å². The molecule has 2 aliphatic heterocycles. The zero-order chi connectivity index (χ0) is 26.2. The van der Waals surface area contributed by atoms with Gasteiger partial charge in [-0.3, -0.25) is 9.80 Å². The summed E-state index contributed by atoms with van der Waals surface area (Å²) >= 11 is 0. The molecule has 2 heterocycles. The summed E-state index contributed by atoms with van der Waals surface area (Å²) in [6.07, 6.45) is 12.8. The quantitative estimate of drug-likeness (QED) is 0.504. The second-order valence-electron chi connectivity index (χ2n) is 13.8. The number of rotatable bonds is 7. The maximum absolute atomic E-state index is 12.9. The van der Waals surface area contributed by atoms with Gasteiger partial charge in [-0.2, -0.15) is 0 Å². The molecule has 2 bridgehead atoms. The van der Waals surface area contributed by atoms with Gasteiger partial charge in [-0.25, -0.2) is 0 Å². The van der Waals surface area contributed by atoms with Crippen LogP contribution in [0.4, 0.5) is 0 Å². The number of ether oxygens (including phenoxy) is 1. The van der Waals surface area contributed by atoms with Gasteiger partial charge in [-0.05, 0) is 86.9 Å². The molecule has 0 aromatic heterocycles. The van der Waals surface area contributed by atoms with Gasteiger partial charge in [0.2, 0.25) is 0 Å². The summed E-state index contributed by atoms with van der Waals surface area (Å²) in [7, 11) is 0. The number of piperidine rings is 1. The van der Waals surface area contributed by atoms with E-state index in [2.05, 4.69) is 46.2 Å². The molecule has 39 heavy (non-hydrogen) atoms. The minimum absolute atomic E-state index is 0.128. The lowest BCUT2D eigenvalue weighted by atomic mass is 9.48. The van der Waals surface area contributed by atoms with Gasteiger partial charge in [0.05, 0.1) is 11.0 Å². The Morgan fingerprint density at radius 3 is 2.54 bits per heavy atom. The van der Waals surface area contributed by atoms with Crippen LogP contribution in [-0.4, -0.2) is 63.4 Å². The van der Waals surface area contributed by atoms with Crippen molar-refractivity contribution in [2.45, 2.75) is 106 Å². The number of likely N-dealkylation sites (tertiary alicyclic amines) is 1. The van der Waals surface area contributed by atoms with Crippen LogP contribution in [-0.2, 0) is 18.4 Å². The molecule has 1 spiro atoms. The number of phenols is 1. The lowest BCUT2D eigenvalue weighted by Gasteiger charge is -2.65. The van der Waals surface area contributed by atoms with Gasteiger partial charge in [0, 0.05) is 37.3 Å². The van der Waals surface area contributed by atoms with Gasteiger partial charge >= 0.3 is 0 Å². The Morgan fingerprint density at radius 1 is 0.923 bits per heavy atom. The number of nitrogens with zero attached hydrogens (tertiary/aromatic N) is 2. The topological polar surface area (TPSA) is 56.2 Å². The van der Waals surface area contributed by atoms with Crippen molar-refractivity contribution in [3.8, 4) is 11.5 Å². The predicted molar refractivity (Wildman–Crippen MR) is 152 cm³/mol. The van der Waals surface area contributed by atoms with Crippen molar-refractivity contribution in [2.75, 3.05) is 19.6 Å². The van der Waals surface area contributed by atoms with Gasteiger partial charge in [0.15, 0.2) is 11.5 Å². The fraction of sp³-hybridized carbons (Fsp3) is 0.647. The number of benzene rings is 2. The molecule has 5 heteroatoms. The first kappa shape index (κ1) is 24.7. The van der Waals surface area contributed by atoms with Crippen LogP contribution in [0.15, 0.2) is 42.5 Å². The molecule has 5 nitrogen and oxygen atoms in total. The van der Waals surface area contributed by atoms with Crippen molar-refractivity contribution in [3.63, 3.8) is 0 Å². The molecule has 8 rings (SSSR count). The van der Waals surface area contributed by atoms with Crippen LogP contribution in [0.5, 0.6) is 11.5 Å². The maximum Gasteiger partial charge on any atom is 0.165 e. The molecule has 3 saturated carbocycles. The number of hydrogen-bond donors (Lipinski definition) is 2. The van der Waals surface area contributed by atoms with E-state index >= 15 is 0 Å². The monoisotopic (exact) mass is 528 g/mol. The summed E-state index contributed by atoms with van der Waals surface area (Å²) in [5, 5.41) is 24.0. The molecular weight excluding hydrogens is 484 g/mol. The fourth-order valence-electron chi connectivity index (χ4n) is 9.67. The van der Waals surface area contributed by atoms with Crippen LogP contribution in [0.25, 0.3) is 0 Å². The molecule has 208 valence electrons. The Kier molecular flexibility index (Phi) is 5.84. The highest BCUT2D eigenvalue weighted by Gasteiger charge is 2.73. The van der Waals surface area contributed by atoms with Gasteiger partial charge in [-0.15, -0.1) is 0 Å². The average Bonchev–Trinajstić information content (AvgIpc) is 3.70. The predicted octanol–water partition coefficient (Wildman–Crippen LogP) is 5.41. The Morgan fingerprint density at radius 2 is 1.74 bits per heavy atom. The van der Waals surface area contributed by atoms with E-state index in [4.69, 9.17) is 4.74 Å². The highest BCUT2D eigenvalue weighted by Crippen LogP contribution is 2.66. The van der Waals surface area contributed by atoms with Crippen LogP contribution in [0, 0.1) is 11.8 Å². The first-order chi connectivity index (χ1) is 19.1. The molecule has 0 radical (unpaired) electrons. The van der Waals surface area contributed by atoms with E-state index < -0.39 is 11.0 Å². The molecule has 2 unspecified atom stereocenters. The molecule has 1 saturated heterocycles. The highest BCUT2D eigenvalue weighted by molar-refractivity contribution is 5.62. The standard InChI is InChI=1S/C34H44N2O3/c37-28-14-13-26-19-29-34(38)16-15-27(36(21-23-7-3-1-4-8-23)22-24-9-5-2-6-10-24)32-33(34,30(26)31(28)39-32)17-18-35(29)20-25-11-12-25/h1,3-4,7-8,13-14,24-25,27,29,32,37-38H,2,5-6,9-12,15-22H2/t27?,29-,32?,33+,34-/m1/s1. The van der Waals surface area contributed by atoms with E-state index in [1.165, 1.54) is 56.1 Å². The minimum Gasteiger partial charge on any atom is -0.504 e. The third-order valence-corrected chi connectivity index (χ3v) is 11.6. The zero-order valence-corrected chi connectivity index (χ0v) is 23.2. The number of aliphatic hydroxyl groups is 1. The summed E-state index contributed by atoms with van der Waals surface area (Å²) in [6.45, 7) is 4.16. The van der Waals surface area contributed by atoms with E-state index in [9.17, 15) is 10.2 Å². The van der Waals surface area contributed by atoms with Gasteiger partial charge in [0.1, 0.15) is 6.10 Å². The number of phenolic OH excluding ortho intramolecular Hbond substituents is 1. The molecule has 4 aliphatic carbocycles.